The molecule has 1 saturated carbocycles. The van der Waals surface area contributed by atoms with E-state index < -0.39 is 18.9 Å². The predicted octanol–water partition coefficient (Wildman–Crippen LogP) is 2.87. The molecule has 3 N–H and O–H groups in total. The molecule has 156 valence electrons. The van der Waals surface area contributed by atoms with E-state index in [1.165, 1.54) is 6.07 Å². The van der Waals surface area contributed by atoms with Gasteiger partial charge in [-0.05, 0) is 43.9 Å². The van der Waals surface area contributed by atoms with Crippen LogP contribution in [0.1, 0.15) is 36.0 Å². The van der Waals surface area contributed by atoms with Gasteiger partial charge >= 0.3 is 13.3 Å². The number of alkyl halides is 3. The molecule has 4 rings (SSSR count). The number of nitrogens with one attached hydrogen (secondary N) is 2. The minimum Gasteiger partial charge on any atom is -0.423 e. The van der Waals surface area contributed by atoms with Crippen LogP contribution >= 0.6 is 0 Å². The van der Waals surface area contributed by atoms with E-state index in [2.05, 4.69) is 26.7 Å². The first kappa shape index (κ1) is 20.4. The fourth-order valence-corrected chi connectivity index (χ4v) is 3.92. The van der Waals surface area contributed by atoms with Crippen LogP contribution in [0.5, 0.6) is 0 Å². The summed E-state index contributed by atoms with van der Waals surface area (Å²) in [5.41, 5.74) is -0.0483. The maximum atomic E-state index is 13.5. The molecule has 0 spiro atoms. The molecule has 1 fully saturated rings. The van der Waals surface area contributed by atoms with E-state index in [0.717, 1.165) is 30.9 Å². The van der Waals surface area contributed by atoms with Crippen molar-refractivity contribution in [2.45, 2.75) is 45.0 Å². The summed E-state index contributed by atoms with van der Waals surface area (Å²) in [6, 6.07) is 4.67. The number of hydrogen-bond donors (Lipinski definition) is 3. The zero-order chi connectivity index (χ0) is 21.5. The van der Waals surface area contributed by atoms with Crippen molar-refractivity contribution < 1.29 is 22.8 Å². The van der Waals surface area contributed by atoms with Crippen LogP contribution in [-0.4, -0.2) is 28.2 Å². The molecule has 30 heavy (non-hydrogen) atoms. The van der Waals surface area contributed by atoms with Crippen molar-refractivity contribution in [1.29, 1.82) is 5.26 Å². The van der Waals surface area contributed by atoms with Crippen LogP contribution < -0.4 is 16.1 Å². The van der Waals surface area contributed by atoms with Crippen LogP contribution in [0.2, 0.25) is 0 Å². The molecular formula is C19H19BF3N5O2. The van der Waals surface area contributed by atoms with Gasteiger partial charge in [-0.2, -0.15) is 23.4 Å². The fourth-order valence-electron chi connectivity index (χ4n) is 3.92. The van der Waals surface area contributed by atoms with Crippen molar-refractivity contribution in [2.24, 2.45) is 5.92 Å². The molecule has 1 aliphatic heterocycles. The third-order valence-electron chi connectivity index (χ3n) is 5.45. The van der Waals surface area contributed by atoms with Crippen molar-refractivity contribution in [2.75, 3.05) is 10.6 Å². The van der Waals surface area contributed by atoms with Gasteiger partial charge in [-0.25, -0.2) is 4.98 Å². The van der Waals surface area contributed by atoms with Crippen LogP contribution in [0.15, 0.2) is 18.3 Å². The Morgan fingerprint density at radius 3 is 2.87 bits per heavy atom. The summed E-state index contributed by atoms with van der Waals surface area (Å²) in [4.78, 5) is 8.55. The number of nitrogens with zero attached hydrogens (tertiary/aromatic N) is 3. The lowest BCUT2D eigenvalue weighted by molar-refractivity contribution is -0.136. The minimum absolute atomic E-state index is 0.0214. The van der Waals surface area contributed by atoms with E-state index in [0.29, 0.717) is 5.82 Å². The Hall–Kier alpha value is -2.84. The third-order valence-corrected chi connectivity index (χ3v) is 5.45. The molecule has 2 atom stereocenters. The van der Waals surface area contributed by atoms with E-state index >= 15 is 0 Å². The van der Waals surface area contributed by atoms with Crippen LogP contribution in [0.3, 0.4) is 0 Å². The summed E-state index contributed by atoms with van der Waals surface area (Å²) >= 11 is 0. The Kier molecular flexibility index (Phi) is 5.30. The predicted molar refractivity (Wildman–Crippen MR) is 104 cm³/mol. The first-order valence-electron chi connectivity index (χ1n) is 9.56. The average Bonchev–Trinajstić information content (AvgIpc) is 3.29. The number of fused-ring (bicyclic) bond motifs is 1. The molecule has 1 unspecified atom stereocenters. The van der Waals surface area contributed by atoms with E-state index in [1.54, 1.807) is 6.20 Å². The maximum absolute atomic E-state index is 13.5. The Bertz CT molecular complexity index is 1010. The van der Waals surface area contributed by atoms with Crippen LogP contribution in [0.25, 0.3) is 0 Å². The van der Waals surface area contributed by atoms with E-state index in [-0.39, 0.29) is 41.2 Å². The van der Waals surface area contributed by atoms with E-state index in [4.69, 9.17) is 4.65 Å². The molecule has 2 aliphatic rings. The quantitative estimate of drug-likeness (QED) is 0.658. The highest BCUT2D eigenvalue weighted by molar-refractivity contribution is 6.62. The molecule has 2 aromatic rings. The normalized spacial score (nSPS) is 20.7. The number of nitriles is 1. The van der Waals surface area contributed by atoms with Gasteiger partial charge in [0.25, 0.3) is 0 Å². The molecule has 11 heteroatoms. The van der Waals surface area contributed by atoms with Gasteiger partial charge in [0.15, 0.2) is 0 Å². The second-order valence-electron chi connectivity index (χ2n) is 7.53. The number of aromatic nitrogens is 2. The summed E-state index contributed by atoms with van der Waals surface area (Å²) < 4.78 is 45.4. The molecule has 1 aromatic heterocycles. The van der Waals surface area contributed by atoms with Gasteiger partial charge < -0.3 is 20.3 Å². The molecular weight excluding hydrogens is 398 g/mol. The van der Waals surface area contributed by atoms with E-state index in [1.807, 2.05) is 6.92 Å². The van der Waals surface area contributed by atoms with Crippen molar-refractivity contribution >= 4 is 30.0 Å². The van der Waals surface area contributed by atoms with Gasteiger partial charge in [0.1, 0.15) is 5.82 Å². The first-order chi connectivity index (χ1) is 14.3. The highest BCUT2D eigenvalue weighted by Gasteiger charge is 2.41. The second kappa shape index (κ2) is 7.77. The standard InChI is InChI=1S/C19H19BF3N5O2/c1-10-8-25-18(28-17(10)27-15-4-2-3-11(15)7-24)26-13-5-12-9-30-20(29)16(12)14(6-13)19(21,22)23/h5-6,8,11,15,29H,2-4,9H2,1H3,(H2,25,26,27,28)/t11?,15-/m0/s1. The monoisotopic (exact) mass is 417 g/mol. The van der Waals surface area contributed by atoms with Crippen molar-refractivity contribution in [1.82, 2.24) is 9.97 Å². The topological polar surface area (TPSA) is 103 Å². The zero-order valence-electron chi connectivity index (χ0n) is 16.1. The Balaban J connectivity index is 1.62. The largest absolute Gasteiger partial charge is 0.492 e. The zero-order valence-corrected chi connectivity index (χ0v) is 16.1. The number of aryl methyl sites for hydroxylation is 1. The van der Waals surface area contributed by atoms with Crippen LogP contribution in [0.4, 0.5) is 30.6 Å². The maximum Gasteiger partial charge on any atom is 0.492 e. The van der Waals surface area contributed by atoms with Crippen molar-refractivity contribution in [3.8, 4) is 6.07 Å². The summed E-state index contributed by atoms with van der Waals surface area (Å²) in [5, 5.41) is 25.1. The van der Waals surface area contributed by atoms with Gasteiger partial charge in [0.05, 0.1) is 24.2 Å². The number of halogens is 3. The molecule has 0 radical (unpaired) electrons. The van der Waals surface area contributed by atoms with Gasteiger partial charge in [0, 0.05) is 29.0 Å². The second-order valence-corrected chi connectivity index (χ2v) is 7.53. The van der Waals surface area contributed by atoms with Crippen LogP contribution in [-0.2, 0) is 17.4 Å². The molecule has 2 heterocycles. The fraction of sp³-hybridized carbons (Fsp3) is 0.421. The van der Waals surface area contributed by atoms with Crippen LogP contribution in [0, 0.1) is 24.2 Å². The van der Waals surface area contributed by atoms with Gasteiger partial charge in [0.2, 0.25) is 5.95 Å². The summed E-state index contributed by atoms with van der Waals surface area (Å²) in [6.07, 6.45) is -0.446. The lowest BCUT2D eigenvalue weighted by Crippen LogP contribution is -2.34. The lowest BCUT2D eigenvalue weighted by atomic mass is 9.75. The van der Waals surface area contributed by atoms with Gasteiger partial charge in [-0.1, -0.05) is 0 Å². The van der Waals surface area contributed by atoms with E-state index in [9.17, 15) is 23.5 Å². The summed E-state index contributed by atoms with van der Waals surface area (Å²) in [7, 11) is -1.60. The molecule has 0 bridgehead atoms. The number of rotatable bonds is 4. The smallest absolute Gasteiger partial charge is 0.423 e. The Labute approximate surface area is 171 Å². The third kappa shape index (κ3) is 3.93. The first-order valence-corrected chi connectivity index (χ1v) is 9.56. The SMILES string of the molecule is Cc1cnc(Nc2cc3c(c(C(F)(F)F)c2)B(O)OC3)nc1N[C@H]1CCCC1C#N. The summed E-state index contributed by atoms with van der Waals surface area (Å²) in [5.74, 6) is 0.561. The Morgan fingerprint density at radius 1 is 1.33 bits per heavy atom. The molecule has 7 nitrogen and oxygen atoms in total. The molecule has 0 saturated heterocycles. The van der Waals surface area contributed by atoms with Gasteiger partial charge in [-0.15, -0.1) is 0 Å². The lowest BCUT2D eigenvalue weighted by Gasteiger charge is -2.19. The summed E-state index contributed by atoms with van der Waals surface area (Å²) in [6.45, 7) is 1.70. The molecule has 1 aromatic carbocycles. The molecule has 1 aliphatic carbocycles. The Morgan fingerprint density at radius 2 is 2.13 bits per heavy atom. The number of hydrogen-bond acceptors (Lipinski definition) is 7. The highest BCUT2D eigenvalue weighted by atomic mass is 19.4. The number of anilines is 3. The van der Waals surface area contributed by atoms with Gasteiger partial charge in [-0.3, -0.25) is 0 Å². The number of benzene rings is 1. The minimum atomic E-state index is -4.65. The highest BCUT2D eigenvalue weighted by Crippen LogP contribution is 2.34. The average molecular weight is 417 g/mol. The molecule has 0 amide bonds. The van der Waals surface area contributed by atoms with Crippen molar-refractivity contribution in [3.63, 3.8) is 0 Å². The van der Waals surface area contributed by atoms with Crippen molar-refractivity contribution in [3.05, 3.63) is 35.0 Å².